The third-order valence-electron chi connectivity index (χ3n) is 4.41. The minimum atomic E-state index is -0.259. The van der Waals surface area contributed by atoms with Crippen LogP contribution in [0.4, 0.5) is 11.6 Å². The fourth-order valence-corrected chi connectivity index (χ4v) is 2.88. The zero-order chi connectivity index (χ0) is 19.9. The highest BCUT2D eigenvalue weighted by molar-refractivity contribution is 5.91. The Balaban J connectivity index is 2.43. The van der Waals surface area contributed by atoms with E-state index in [0.717, 1.165) is 38.5 Å². The standard InChI is InChI=1S/C21H35N3O3/c1-3-5-7-9-11-13-20(26)23-18-15-17(25)16-19(22-18)24-21(27)14-12-10-8-6-4-2/h15-16H,3-14H2,1-2H3,(H3,22,23,24,25,26,27). The van der Waals surface area contributed by atoms with Crippen molar-refractivity contribution in [1.29, 1.82) is 0 Å². The number of aromatic amines is 1. The summed E-state index contributed by atoms with van der Waals surface area (Å²) >= 11 is 0. The predicted molar refractivity (Wildman–Crippen MR) is 111 cm³/mol. The molecule has 0 unspecified atom stereocenters. The Morgan fingerprint density at radius 2 is 1.15 bits per heavy atom. The van der Waals surface area contributed by atoms with Gasteiger partial charge in [-0.2, -0.15) is 0 Å². The number of carbonyl (C=O) groups excluding carboxylic acids is 2. The first-order chi connectivity index (χ1) is 13.0. The maximum atomic E-state index is 12.0. The quantitative estimate of drug-likeness (QED) is 0.400. The van der Waals surface area contributed by atoms with Crippen LogP contribution >= 0.6 is 0 Å². The fourth-order valence-electron chi connectivity index (χ4n) is 2.88. The second-order valence-electron chi connectivity index (χ2n) is 7.07. The molecule has 0 aromatic carbocycles. The monoisotopic (exact) mass is 377 g/mol. The smallest absolute Gasteiger partial charge is 0.225 e. The van der Waals surface area contributed by atoms with Crippen LogP contribution in [-0.2, 0) is 9.59 Å². The van der Waals surface area contributed by atoms with Gasteiger partial charge in [-0.1, -0.05) is 65.2 Å². The molecule has 0 atom stereocenters. The molecule has 3 N–H and O–H groups in total. The highest BCUT2D eigenvalue weighted by Crippen LogP contribution is 2.10. The SMILES string of the molecule is CCCCCCCC(=O)Nc1cc(=O)cc(NC(=O)CCCCCCC)[nH]1. The lowest BCUT2D eigenvalue weighted by Crippen LogP contribution is -2.18. The third kappa shape index (κ3) is 11.3. The van der Waals surface area contributed by atoms with Crippen molar-refractivity contribution in [3.63, 3.8) is 0 Å². The molecule has 0 saturated carbocycles. The molecule has 0 radical (unpaired) electrons. The minimum Gasteiger partial charge on any atom is -0.328 e. The Bertz CT molecular complexity index is 576. The maximum absolute atomic E-state index is 12.0. The van der Waals surface area contributed by atoms with Gasteiger partial charge in [0.1, 0.15) is 11.6 Å². The van der Waals surface area contributed by atoms with Crippen LogP contribution in [0.25, 0.3) is 0 Å². The maximum Gasteiger partial charge on any atom is 0.225 e. The molecular weight excluding hydrogens is 342 g/mol. The molecular formula is C21H35N3O3. The van der Waals surface area contributed by atoms with Gasteiger partial charge < -0.3 is 15.6 Å². The van der Waals surface area contributed by atoms with Crippen molar-refractivity contribution >= 4 is 23.5 Å². The van der Waals surface area contributed by atoms with Crippen LogP contribution in [0, 0.1) is 0 Å². The van der Waals surface area contributed by atoms with Crippen LogP contribution in [0.1, 0.15) is 90.9 Å². The Kier molecular flexibility index (Phi) is 11.9. The minimum absolute atomic E-state index is 0.124. The number of pyridine rings is 1. The number of H-pyrrole nitrogens is 1. The van der Waals surface area contributed by atoms with Crippen LogP contribution in [0.3, 0.4) is 0 Å². The van der Waals surface area contributed by atoms with E-state index in [1.54, 1.807) is 0 Å². The molecule has 2 amide bonds. The average Bonchev–Trinajstić information content (AvgIpc) is 2.60. The van der Waals surface area contributed by atoms with Gasteiger partial charge in [-0.25, -0.2) is 0 Å². The van der Waals surface area contributed by atoms with Crippen molar-refractivity contribution in [2.75, 3.05) is 10.6 Å². The summed E-state index contributed by atoms with van der Waals surface area (Å²) in [6.07, 6.45) is 11.6. The number of hydrogen-bond donors (Lipinski definition) is 3. The summed E-state index contributed by atoms with van der Waals surface area (Å²) in [6.45, 7) is 4.31. The van der Waals surface area contributed by atoms with E-state index in [2.05, 4.69) is 29.5 Å². The number of amides is 2. The summed E-state index contributed by atoms with van der Waals surface area (Å²) in [5.41, 5.74) is -0.259. The molecule has 0 spiro atoms. The van der Waals surface area contributed by atoms with E-state index < -0.39 is 0 Å². The highest BCUT2D eigenvalue weighted by Gasteiger charge is 2.07. The van der Waals surface area contributed by atoms with E-state index in [0.29, 0.717) is 24.5 Å². The second kappa shape index (κ2) is 14.0. The molecule has 1 rings (SSSR count). The van der Waals surface area contributed by atoms with Gasteiger partial charge in [-0.05, 0) is 12.8 Å². The molecule has 0 saturated heterocycles. The lowest BCUT2D eigenvalue weighted by molar-refractivity contribution is -0.117. The molecule has 152 valence electrons. The topological polar surface area (TPSA) is 91.1 Å². The highest BCUT2D eigenvalue weighted by atomic mass is 16.2. The van der Waals surface area contributed by atoms with Gasteiger partial charge in [0.25, 0.3) is 0 Å². The fraction of sp³-hybridized carbons (Fsp3) is 0.667. The van der Waals surface area contributed by atoms with E-state index in [9.17, 15) is 14.4 Å². The van der Waals surface area contributed by atoms with Crippen molar-refractivity contribution in [2.45, 2.75) is 90.9 Å². The summed E-state index contributed by atoms with van der Waals surface area (Å²) in [6, 6.07) is 2.66. The van der Waals surface area contributed by atoms with Gasteiger partial charge in [0.15, 0.2) is 5.43 Å². The molecule has 6 heteroatoms. The molecule has 1 aromatic heterocycles. The van der Waals surface area contributed by atoms with Crippen molar-refractivity contribution in [1.82, 2.24) is 4.98 Å². The van der Waals surface area contributed by atoms with E-state index in [4.69, 9.17) is 0 Å². The first kappa shape index (κ1) is 22.9. The zero-order valence-electron chi connectivity index (χ0n) is 16.9. The summed E-state index contributed by atoms with van der Waals surface area (Å²) in [4.78, 5) is 38.7. The Hall–Kier alpha value is -2.11. The number of anilines is 2. The Morgan fingerprint density at radius 3 is 1.56 bits per heavy atom. The van der Waals surface area contributed by atoms with Gasteiger partial charge in [0.2, 0.25) is 11.8 Å². The number of aromatic nitrogens is 1. The molecule has 27 heavy (non-hydrogen) atoms. The van der Waals surface area contributed by atoms with Crippen molar-refractivity contribution < 1.29 is 9.59 Å². The van der Waals surface area contributed by atoms with Gasteiger partial charge in [0.05, 0.1) is 0 Å². The first-order valence-corrected chi connectivity index (χ1v) is 10.4. The third-order valence-corrected chi connectivity index (χ3v) is 4.41. The van der Waals surface area contributed by atoms with Crippen molar-refractivity contribution in [3.8, 4) is 0 Å². The van der Waals surface area contributed by atoms with Crippen molar-refractivity contribution in [2.24, 2.45) is 0 Å². The summed E-state index contributed by atoms with van der Waals surface area (Å²) < 4.78 is 0. The van der Waals surface area contributed by atoms with Gasteiger partial charge in [-0.15, -0.1) is 0 Å². The Labute approximate surface area is 162 Å². The molecule has 0 fully saturated rings. The van der Waals surface area contributed by atoms with Crippen LogP contribution in [0.5, 0.6) is 0 Å². The molecule has 0 aliphatic carbocycles. The first-order valence-electron chi connectivity index (χ1n) is 10.4. The zero-order valence-corrected chi connectivity index (χ0v) is 16.9. The van der Waals surface area contributed by atoms with E-state index in [1.165, 1.54) is 37.8 Å². The molecule has 1 heterocycles. The number of rotatable bonds is 14. The van der Waals surface area contributed by atoms with E-state index in [1.807, 2.05) is 0 Å². The van der Waals surface area contributed by atoms with Gasteiger partial charge in [0, 0.05) is 25.0 Å². The van der Waals surface area contributed by atoms with Crippen LogP contribution < -0.4 is 16.1 Å². The molecule has 0 aliphatic heterocycles. The number of hydrogen-bond acceptors (Lipinski definition) is 3. The number of unbranched alkanes of at least 4 members (excludes halogenated alkanes) is 8. The molecule has 1 aromatic rings. The number of carbonyl (C=O) groups is 2. The van der Waals surface area contributed by atoms with Crippen LogP contribution in [0.2, 0.25) is 0 Å². The average molecular weight is 378 g/mol. The molecule has 0 aliphatic rings. The Morgan fingerprint density at radius 1 is 0.741 bits per heavy atom. The molecule has 6 nitrogen and oxygen atoms in total. The van der Waals surface area contributed by atoms with Crippen molar-refractivity contribution in [3.05, 3.63) is 22.4 Å². The second-order valence-corrected chi connectivity index (χ2v) is 7.07. The van der Waals surface area contributed by atoms with Gasteiger partial charge in [-0.3, -0.25) is 14.4 Å². The van der Waals surface area contributed by atoms with Crippen LogP contribution in [0.15, 0.2) is 16.9 Å². The van der Waals surface area contributed by atoms with Crippen LogP contribution in [-0.4, -0.2) is 16.8 Å². The van der Waals surface area contributed by atoms with E-state index in [-0.39, 0.29) is 17.2 Å². The van der Waals surface area contributed by atoms with E-state index >= 15 is 0 Å². The summed E-state index contributed by atoms with van der Waals surface area (Å²) in [5.74, 6) is 0.390. The predicted octanol–water partition coefficient (Wildman–Crippen LogP) is 4.97. The lowest BCUT2D eigenvalue weighted by Gasteiger charge is -2.09. The summed E-state index contributed by atoms with van der Waals surface area (Å²) in [5, 5.41) is 5.42. The molecule has 0 bridgehead atoms. The van der Waals surface area contributed by atoms with Gasteiger partial charge >= 0.3 is 0 Å². The lowest BCUT2D eigenvalue weighted by atomic mass is 10.1. The largest absolute Gasteiger partial charge is 0.328 e. The normalized spacial score (nSPS) is 10.6. The number of nitrogens with one attached hydrogen (secondary N) is 3. The summed E-state index contributed by atoms with van der Waals surface area (Å²) in [7, 11) is 0.